The normalized spacial score (nSPS) is 12.0. The second kappa shape index (κ2) is 14.7. The predicted molar refractivity (Wildman–Crippen MR) is 128 cm³/mol. The Balaban J connectivity index is 0.000000459. The Labute approximate surface area is 225 Å². The van der Waals surface area contributed by atoms with Crippen LogP contribution in [0.2, 0.25) is 0 Å². The Kier molecular flexibility index (Phi) is 12.7. The first kappa shape index (κ1) is 34.5. The number of carbonyl (C=O) groups is 1. The smallest absolute Gasteiger partial charge is 0.443 e. The molecule has 40 heavy (non-hydrogen) atoms. The van der Waals surface area contributed by atoms with Crippen molar-refractivity contribution >= 4 is 43.6 Å². The number of hydrogen-bond donors (Lipinski definition) is 1. The quantitative estimate of drug-likeness (QED) is 0.176. The van der Waals surface area contributed by atoms with Gasteiger partial charge < -0.3 is 8.86 Å². The van der Waals surface area contributed by atoms with Gasteiger partial charge in [0.15, 0.2) is 45.1 Å². The van der Waals surface area contributed by atoms with Gasteiger partial charge in [0.25, 0.3) is 0 Å². The number of pyridine rings is 1. The van der Waals surface area contributed by atoms with Gasteiger partial charge in [-0.3, -0.25) is 5.32 Å². The summed E-state index contributed by atoms with van der Waals surface area (Å²) in [6.07, 6.45) is 6.24. The van der Waals surface area contributed by atoms with Crippen LogP contribution in [0.3, 0.4) is 0 Å². The number of unbranched alkanes of at least 4 members (excludes halogenated alkanes) is 1. The lowest BCUT2D eigenvalue weighted by atomic mass is 10.2. The number of aromatic nitrogens is 1. The number of aliphatic imine (C=N–C) groups is 1. The number of amides is 1. The first-order valence-electron chi connectivity index (χ1n) is 10.9. The Morgan fingerprint density at radius 3 is 2.08 bits per heavy atom. The number of benzene rings is 1. The van der Waals surface area contributed by atoms with Gasteiger partial charge in [-0.15, -0.1) is 0 Å². The first-order valence-corrected chi connectivity index (χ1v) is 13.8. The SMILES string of the molecule is CCCCc1cccc[n+]1CCOC(=O)Nc1ccc(N=C=O)cc1.O=S(=O)([N-]S(=O)(=O)C(F)(F)F)C(F)(F)F. The zero-order valence-corrected chi connectivity index (χ0v) is 22.1. The van der Waals surface area contributed by atoms with Crippen LogP contribution in [0.1, 0.15) is 25.5 Å². The van der Waals surface area contributed by atoms with Gasteiger partial charge in [-0.2, -0.15) is 35.9 Å². The average Bonchev–Trinajstić information content (AvgIpc) is 2.83. The van der Waals surface area contributed by atoms with E-state index in [1.165, 1.54) is 11.8 Å². The zero-order valence-electron chi connectivity index (χ0n) is 20.4. The van der Waals surface area contributed by atoms with E-state index >= 15 is 0 Å². The first-order chi connectivity index (χ1) is 18.4. The van der Waals surface area contributed by atoms with E-state index in [0.29, 0.717) is 17.9 Å². The molecular formula is C21H22F6N4O7S2. The van der Waals surface area contributed by atoms with Crippen LogP contribution in [-0.2, 0) is 42.5 Å². The van der Waals surface area contributed by atoms with Crippen LogP contribution in [0.4, 0.5) is 42.5 Å². The molecule has 2 rings (SSSR count). The fourth-order valence-electron chi connectivity index (χ4n) is 2.59. The van der Waals surface area contributed by atoms with Gasteiger partial charge in [-0.1, -0.05) is 19.4 Å². The van der Waals surface area contributed by atoms with Gasteiger partial charge >= 0.3 is 17.1 Å². The lowest BCUT2D eigenvalue weighted by Gasteiger charge is -2.22. The van der Waals surface area contributed by atoms with E-state index in [2.05, 4.69) is 27.9 Å². The van der Waals surface area contributed by atoms with Gasteiger partial charge in [-0.05, 0) is 30.7 Å². The molecule has 0 saturated heterocycles. The maximum absolute atomic E-state index is 11.8. The summed E-state index contributed by atoms with van der Waals surface area (Å²) in [7, 11) is -13.4. The Morgan fingerprint density at radius 2 is 1.57 bits per heavy atom. The zero-order chi connectivity index (χ0) is 30.6. The molecule has 0 aliphatic rings. The Morgan fingerprint density at radius 1 is 1.00 bits per heavy atom. The molecule has 11 nitrogen and oxygen atoms in total. The monoisotopic (exact) mass is 620 g/mol. The minimum Gasteiger partial charge on any atom is -0.443 e. The molecule has 1 heterocycles. The second-order valence-electron chi connectivity index (χ2n) is 7.42. The number of aryl methyl sites for hydroxylation is 1. The molecule has 1 aromatic carbocycles. The lowest BCUT2D eigenvalue weighted by Crippen LogP contribution is -2.40. The molecule has 0 spiro atoms. The highest BCUT2D eigenvalue weighted by atomic mass is 32.3. The van der Waals surface area contributed by atoms with E-state index in [-0.39, 0.29) is 6.61 Å². The van der Waals surface area contributed by atoms with Crippen LogP contribution in [-0.4, -0.2) is 46.6 Å². The fourth-order valence-corrected chi connectivity index (χ4v) is 4.30. The minimum absolute atomic E-state index is 0.285. The highest BCUT2D eigenvalue weighted by Crippen LogP contribution is 2.36. The highest BCUT2D eigenvalue weighted by molar-refractivity contribution is 8.13. The van der Waals surface area contributed by atoms with Crippen molar-refractivity contribution in [2.24, 2.45) is 4.99 Å². The minimum atomic E-state index is -6.72. The molecule has 19 heteroatoms. The summed E-state index contributed by atoms with van der Waals surface area (Å²) in [5.41, 5.74) is -10.1. The maximum atomic E-state index is 11.8. The van der Waals surface area contributed by atoms with Gasteiger partial charge in [0.1, 0.15) is 0 Å². The van der Waals surface area contributed by atoms with E-state index in [1.54, 1.807) is 24.3 Å². The number of sulfonamides is 2. The van der Waals surface area contributed by atoms with Gasteiger partial charge in [0.05, 0.1) is 5.69 Å². The summed E-state index contributed by atoms with van der Waals surface area (Å²) in [5.74, 6) is 0. The Hall–Kier alpha value is -3.54. The highest BCUT2D eigenvalue weighted by Gasteiger charge is 2.46. The van der Waals surface area contributed by atoms with Crippen molar-refractivity contribution in [1.29, 1.82) is 0 Å². The number of alkyl halides is 6. The van der Waals surface area contributed by atoms with E-state index in [0.717, 1.165) is 23.4 Å². The van der Waals surface area contributed by atoms with Crippen molar-refractivity contribution in [3.8, 4) is 0 Å². The number of carbonyl (C=O) groups excluding carboxylic acids is 2. The third kappa shape index (κ3) is 11.3. The van der Waals surface area contributed by atoms with E-state index in [1.807, 2.05) is 18.3 Å². The number of rotatable bonds is 10. The van der Waals surface area contributed by atoms with E-state index in [4.69, 9.17) is 4.74 Å². The number of nitrogens with one attached hydrogen (secondary N) is 1. The maximum Gasteiger partial charge on any atom is 0.480 e. The molecule has 0 bridgehead atoms. The standard InChI is InChI=1S/C19H21N3O3.C2F6NO4S2/c1-2-3-6-18-7-4-5-12-22(18)13-14-25-19(24)21-17-10-8-16(9-11-17)20-15-23;3-1(4,5)14(10,11)9-15(12,13)2(6,7)8/h4-5,7-12H,2-3,6,13-14H2,1H3;/q;-1/p+1. The molecule has 0 unspecified atom stereocenters. The van der Waals surface area contributed by atoms with Crippen molar-refractivity contribution in [3.63, 3.8) is 0 Å². The number of anilines is 1. The molecule has 1 N–H and O–H groups in total. The third-order valence-corrected chi connectivity index (χ3v) is 7.20. The van der Waals surface area contributed by atoms with Crippen LogP contribution in [0.15, 0.2) is 53.7 Å². The molecule has 0 atom stereocenters. The summed E-state index contributed by atoms with van der Waals surface area (Å²) in [6.45, 7) is 3.06. The van der Waals surface area contributed by atoms with Gasteiger partial charge in [0.2, 0.25) is 6.08 Å². The molecule has 0 fully saturated rings. The molecule has 0 aliphatic carbocycles. The number of halogens is 6. The number of nitrogens with zero attached hydrogens (tertiary/aromatic N) is 3. The molecule has 2 aromatic rings. The van der Waals surface area contributed by atoms with Crippen LogP contribution in [0.5, 0.6) is 0 Å². The van der Waals surface area contributed by atoms with Crippen molar-refractivity contribution in [2.75, 3.05) is 11.9 Å². The summed E-state index contributed by atoms with van der Waals surface area (Å²) >= 11 is 0. The molecule has 0 radical (unpaired) electrons. The van der Waals surface area contributed by atoms with Crippen molar-refractivity contribution in [1.82, 2.24) is 0 Å². The molecule has 1 amide bonds. The second-order valence-corrected chi connectivity index (χ2v) is 10.8. The van der Waals surface area contributed by atoms with E-state index < -0.39 is 37.2 Å². The van der Waals surface area contributed by atoms with Crippen LogP contribution in [0.25, 0.3) is 4.13 Å². The summed E-state index contributed by atoms with van der Waals surface area (Å²) in [5, 5.41) is 2.64. The molecule has 1 aromatic heterocycles. The number of ether oxygens (including phenoxy) is 1. The summed E-state index contributed by atoms with van der Waals surface area (Å²) in [6, 6.07) is 12.6. The fraction of sp³-hybridized carbons (Fsp3) is 0.381. The summed E-state index contributed by atoms with van der Waals surface area (Å²) < 4.78 is 117. The number of hydrogen-bond acceptors (Lipinski definition) is 8. The Bertz CT molecular complexity index is 1350. The van der Waals surface area contributed by atoms with Crippen LogP contribution in [0, 0.1) is 0 Å². The lowest BCUT2D eigenvalue weighted by molar-refractivity contribution is -0.705. The molecule has 0 saturated carbocycles. The number of isocyanates is 1. The van der Waals surface area contributed by atoms with Crippen molar-refractivity contribution in [3.05, 3.63) is 58.5 Å². The third-order valence-electron chi connectivity index (χ3n) is 4.46. The van der Waals surface area contributed by atoms with Crippen LogP contribution < -0.4 is 9.88 Å². The van der Waals surface area contributed by atoms with Crippen LogP contribution >= 0.6 is 0 Å². The van der Waals surface area contributed by atoms with E-state index in [9.17, 15) is 52.8 Å². The topological polar surface area (TPSA) is 154 Å². The molecule has 0 aliphatic heterocycles. The van der Waals surface area contributed by atoms with Gasteiger partial charge in [0, 0.05) is 24.2 Å². The average molecular weight is 621 g/mol. The van der Waals surface area contributed by atoms with Crippen molar-refractivity contribution < 1.29 is 62.1 Å². The molecule has 222 valence electrons. The molecular weight excluding hydrogens is 598 g/mol. The van der Waals surface area contributed by atoms with Gasteiger partial charge in [-0.25, -0.2) is 26.4 Å². The van der Waals surface area contributed by atoms with Crippen molar-refractivity contribution in [2.45, 2.75) is 43.7 Å². The summed E-state index contributed by atoms with van der Waals surface area (Å²) in [4.78, 5) is 25.5. The largest absolute Gasteiger partial charge is 0.480 e. The predicted octanol–water partition coefficient (Wildman–Crippen LogP) is 4.59.